The van der Waals surface area contributed by atoms with Gasteiger partial charge in [0.15, 0.2) is 0 Å². The van der Waals surface area contributed by atoms with E-state index in [1.807, 2.05) is 0 Å². The molecule has 0 spiro atoms. The third kappa shape index (κ3) is 8.62. The summed E-state index contributed by atoms with van der Waals surface area (Å²) in [5.74, 6) is -0.515. The molecule has 3 amide bonds. The van der Waals surface area contributed by atoms with E-state index < -0.39 is 52.7 Å². The highest BCUT2D eigenvalue weighted by molar-refractivity contribution is 5.92. The SMILES string of the molecule is CN(C(=O)N(C)[C@@H]1CN(CC2CCN(C(=O)OC(C)(C)C)CC2)C[C@H]1c1ccc(F)cc1)c1cc(C(F)(F)F)cc(C(F)(F)F)c1. The number of benzene rings is 2. The number of anilines is 1. The van der Waals surface area contributed by atoms with Gasteiger partial charge in [-0.3, -0.25) is 4.90 Å². The monoisotopic (exact) mass is 660 g/mol. The maximum atomic E-state index is 13.8. The maximum Gasteiger partial charge on any atom is 0.416 e. The van der Waals surface area contributed by atoms with Crippen LogP contribution in [0.15, 0.2) is 42.5 Å². The van der Waals surface area contributed by atoms with Crippen molar-refractivity contribution in [1.82, 2.24) is 14.7 Å². The zero-order chi connectivity index (χ0) is 34.2. The predicted octanol–water partition coefficient (Wildman–Crippen LogP) is 7.47. The summed E-state index contributed by atoms with van der Waals surface area (Å²) in [6.45, 7) is 7.98. The number of hydrogen-bond acceptors (Lipinski definition) is 4. The Kier molecular flexibility index (Phi) is 10.2. The molecule has 7 nitrogen and oxygen atoms in total. The fraction of sp³-hybridized carbons (Fsp3) is 0.562. The smallest absolute Gasteiger partial charge is 0.416 e. The van der Waals surface area contributed by atoms with Crippen LogP contribution in [0.2, 0.25) is 0 Å². The van der Waals surface area contributed by atoms with Gasteiger partial charge < -0.3 is 19.4 Å². The molecule has 0 unspecified atom stereocenters. The number of likely N-dealkylation sites (N-methyl/N-ethyl adjacent to an activating group) is 1. The molecule has 2 aromatic carbocycles. The molecule has 0 saturated carbocycles. The van der Waals surface area contributed by atoms with E-state index in [2.05, 4.69) is 4.90 Å². The second-order valence-electron chi connectivity index (χ2n) is 13.1. The average Bonchev–Trinajstić information content (AvgIpc) is 3.38. The van der Waals surface area contributed by atoms with Crippen LogP contribution in [0.4, 0.5) is 46.0 Å². The van der Waals surface area contributed by atoms with Gasteiger partial charge in [-0.05, 0) is 75.4 Å². The second-order valence-corrected chi connectivity index (χ2v) is 13.1. The number of likely N-dealkylation sites (tertiary alicyclic amines) is 2. The molecule has 0 aliphatic carbocycles. The summed E-state index contributed by atoms with van der Waals surface area (Å²) in [4.78, 5) is 32.1. The number of hydrogen-bond donors (Lipinski definition) is 0. The van der Waals surface area contributed by atoms with Crippen LogP contribution in [-0.4, -0.2) is 85.3 Å². The summed E-state index contributed by atoms with van der Waals surface area (Å²) in [6, 6.07) is 5.57. The van der Waals surface area contributed by atoms with Crippen LogP contribution in [0, 0.1) is 11.7 Å². The number of alkyl halides is 6. The minimum Gasteiger partial charge on any atom is -0.444 e. The van der Waals surface area contributed by atoms with Crippen molar-refractivity contribution >= 4 is 17.8 Å². The summed E-state index contributed by atoms with van der Waals surface area (Å²) in [6.07, 6.45) is -9.02. The number of amides is 3. The number of piperidine rings is 1. The topological polar surface area (TPSA) is 56.3 Å². The Labute approximate surface area is 263 Å². The van der Waals surface area contributed by atoms with Gasteiger partial charge in [-0.2, -0.15) is 26.3 Å². The maximum absolute atomic E-state index is 13.8. The van der Waals surface area contributed by atoms with Crippen molar-refractivity contribution in [2.75, 3.05) is 51.7 Å². The fourth-order valence-corrected chi connectivity index (χ4v) is 6.06. The third-order valence-electron chi connectivity index (χ3n) is 8.49. The van der Waals surface area contributed by atoms with Crippen LogP contribution >= 0.6 is 0 Å². The van der Waals surface area contributed by atoms with Gasteiger partial charge in [-0.25, -0.2) is 14.0 Å². The lowest BCUT2D eigenvalue weighted by Gasteiger charge is -2.35. The molecule has 2 aromatic rings. The molecule has 2 saturated heterocycles. The standard InChI is InChI=1S/C32H39F7N4O3/c1-30(2,3)46-29(45)43-12-10-20(11-13-43)17-42-18-26(21-6-8-24(33)9-7-21)27(19-42)41(5)28(44)40(4)25-15-22(31(34,35)36)14-23(16-25)32(37,38)39/h6-9,14-16,20,26-27H,10-13,17-19H2,1-5H3/t26-,27+/m0/s1. The van der Waals surface area contributed by atoms with Crippen molar-refractivity contribution in [3.05, 3.63) is 65.0 Å². The highest BCUT2D eigenvalue weighted by Crippen LogP contribution is 2.39. The number of carbonyl (C=O) groups excluding carboxylic acids is 2. The van der Waals surface area contributed by atoms with Crippen LogP contribution < -0.4 is 4.90 Å². The van der Waals surface area contributed by atoms with Crippen molar-refractivity contribution in [3.8, 4) is 0 Å². The van der Waals surface area contributed by atoms with Gasteiger partial charge >= 0.3 is 24.5 Å². The second kappa shape index (κ2) is 13.3. The van der Waals surface area contributed by atoms with Gasteiger partial charge in [-0.15, -0.1) is 0 Å². The van der Waals surface area contributed by atoms with Crippen molar-refractivity contribution in [3.63, 3.8) is 0 Å². The zero-order valence-electron chi connectivity index (χ0n) is 26.4. The molecule has 2 fully saturated rings. The Bertz CT molecular complexity index is 1350. The Morgan fingerprint density at radius 1 is 0.870 bits per heavy atom. The molecule has 2 aliphatic rings. The molecular formula is C32H39F7N4O3. The summed E-state index contributed by atoms with van der Waals surface area (Å²) in [5, 5.41) is 0. The van der Waals surface area contributed by atoms with Gasteiger partial charge in [0.25, 0.3) is 0 Å². The Morgan fingerprint density at radius 3 is 1.91 bits per heavy atom. The van der Waals surface area contributed by atoms with Crippen LogP contribution in [0.25, 0.3) is 0 Å². The van der Waals surface area contributed by atoms with E-state index in [0.717, 1.165) is 30.4 Å². The van der Waals surface area contributed by atoms with E-state index in [9.17, 15) is 40.3 Å². The molecule has 2 atom stereocenters. The molecule has 0 aromatic heterocycles. The first-order chi connectivity index (χ1) is 21.2. The normalized spacial score (nSPS) is 20.1. The van der Waals surface area contributed by atoms with Crippen molar-refractivity contribution < 1.29 is 45.1 Å². The third-order valence-corrected chi connectivity index (χ3v) is 8.49. The Hall–Kier alpha value is -3.55. The van der Waals surface area contributed by atoms with Gasteiger partial charge in [0.1, 0.15) is 11.4 Å². The average molecular weight is 661 g/mol. The van der Waals surface area contributed by atoms with E-state index in [-0.39, 0.29) is 24.0 Å². The molecule has 14 heteroatoms. The highest BCUT2D eigenvalue weighted by Gasteiger charge is 2.41. The number of nitrogens with zero attached hydrogens (tertiary/aromatic N) is 4. The van der Waals surface area contributed by atoms with E-state index >= 15 is 0 Å². The summed E-state index contributed by atoms with van der Waals surface area (Å²) in [7, 11) is 2.59. The van der Waals surface area contributed by atoms with E-state index in [1.165, 1.54) is 24.1 Å². The summed E-state index contributed by atoms with van der Waals surface area (Å²) in [5.41, 5.74) is -3.45. The van der Waals surface area contributed by atoms with E-state index in [4.69, 9.17) is 4.74 Å². The molecule has 0 bridgehead atoms. The number of urea groups is 1. The van der Waals surface area contributed by atoms with Crippen LogP contribution in [-0.2, 0) is 17.1 Å². The zero-order valence-corrected chi connectivity index (χ0v) is 26.4. The molecule has 254 valence electrons. The van der Waals surface area contributed by atoms with Gasteiger partial charge in [0.05, 0.1) is 17.2 Å². The molecule has 0 radical (unpaired) electrons. The lowest BCUT2D eigenvalue weighted by Crippen LogP contribution is -2.48. The van der Waals surface area contributed by atoms with Crippen molar-refractivity contribution in [1.29, 1.82) is 0 Å². The van der Waals surface area contributed by atoms with Crippen LogP contribution in [0.1, 0.15) is 56.2 Å². The first kappa shape index (κ1) is 35.3. The number of carbonyl (C=O) groups is 2. The molecule has 0 N–H and O–H groups in total. The molecule has 2 aliphatic heterocycles. The van der Waals surface area contributed by atoms with E-state index in [0.29, 0.717) is 44.9 Å². The molecular weight excluding hydrogens is 621 g/mol. The van der Waals surface area contributed by atoms with Crippen LogP contribution in [0.3, 0.4) is 0 Å². The molecule has 46 heavy (non-hydrogen) atoms. The highest BCUT2D eigenvalue weighted by atomic mass is 19.4. The molecule has 2 heterocycles. The quantitative estimate of drug-likeness (QED) is 0.313. The first-order valence-electron chi connectivity index (χ1n) is 15.0. The fourth-order valence-electron chi connectivity index (χ4n) is 6.06. The van der Waals surface area contributed by atoms with E-state index in [1.54, 1.807) is 37.8 Å². The lowest BCUT2D eigenvalue weighted by atomic mass is 9.93. The van der Waals surface area contributed by atoms with Crippen LogP contribution in [0.5, 0.6) is 0 Å². The van der Waals surface area contributed by atoms with Crippen molar-refractivity contribution in [2.24, 2.45) is 5.92 Å². The number of rotatable bonds is 5. The van der Waals surface area contributed by atoms with Gasteiger partial charge in [0, 0.05) is 58.4 Å². The minimum atomic E-state index is -5.06. The molecule has 4 rings (SSSR count). The lowest BCUT2D eigenvalue weighted by molar-refractivity contribution is -0.143. The van der Waals surface area contributed by atoms with Gasteiger partial charge in [0.2, 0.25) is 0 Å². The number of ether oxygens (including phenoxy) is 1. The summed E-state index contributed by atoms with van der Waals surface area (Å²) >= 11 is 0. The Morgan fingerprint density at radius 2 is 1.41 bits per heavy atom. The number of halogens is 7. The predicted molar refractivity (Wildman–Crippen MR) is 158 cm³/mol. The minimum absolute atomic E-state index is 0.0168. The Balaban J connectivity index is 1.52. The van der Waals surface area contributed by atoms with Crippen molar-refractivity contribution in [2.45, 2.75) is 63.5 Å². The first-order valence-corrected chi connectivity index (χ1v) is 15.0. The largest absolute Gasteiger partial charge is 0.444 e. The van der Waals surface area contributed by atoms with Gasteiger partial charge in [-0.1, -0.05) is 12.1 Å². The summed E-state index contributed by atoms with van der Waals surface area (Å²) < 4.78 is 100.